The molecule has 2 rings (SSSR count). The Labute approximate surface area is 109 Å². The van der Waals surface area contributed by atoms with Gasteiger partial charge < -0.3 is 9.84 Å². The lowest BCUT2D eigenvalue weighted by Crippen LogP contribution is -1.85. The van der Waals surface area contributed by atoms with Crippen LogP contribution in [0.3, 0.4) is 0 Å². The van der Waals surface area contributed by atoms with Crippen molar-refractivity contribution in [1.82, 2.24) is 0 Å². The standard InChI is InChI=1S/C13H10Cl2O2/c1-17-11-2-3-13(15)12(7-11)8-4-9(14)6-10(16)5-8/h2-7,16H,1H3. The largest absolute Gasteiger partial charge is 0.508 e. The van der Waals surface area contributed by atoms with Crippen LogP contribution in [0.25, 0.3) is 11.1 Å². The van der Waals surface area contributed by atoms with E-state index in [1.165, 1.54) is 6.07 Å². The molecule has 2 nitrogen and oxygen atoms in total. The summed E-state index contributed by atoms with van der Waals surface area (Å²) in [6.07, 6.45) is 0. The van der Waals surface area contributed by atoms with Crippen molar-refractivity contribution < 1.29 is 9.84 Å². The van der Waals surface area contributed by atoms with Gasteiger partial charge >= 0.3 is 0 Å². The predicted molar refractivity (Wildman–Crippen MR) is 70.1 cm³/mol. The molecular weight excluding hydrogens is 259 g/mol. The minimum atomic E-state index is 0.103. The van der Waals surface area contributed by atoms with Crippen LogP contribution in [0.4, 0.5) is 0 Å². The van der Waals surface area contributed by atoms with Gasteiger partial charge in [-0.25, -0.2) is 0 Å². The first kappa shape index (κ1) is 12.1. The molecule has 0 saturated carbocycles. The Morgan fingerprint density at radius 2 is 1.82 bits per heavy atom. The fraction of sp³-hybridized carbons (Fsp3) is 0.0769. The number of phenols is 1. The maximum atomic E-state index is 9.51. The zero-order chi connectivity index (χ0) is 12.4. The maximum Gasteiger partial charge on any atom is 0.119 e. The molecule has 0 fully saturated rings. The van der Waals surface area contributed by atoms with Gasteiger partial charge in [-0.15, -0.1) is 0 Å². The summed E-state index contributed by atoms with van der Waals surface area (Å²) < 4.78 is 5.14. The van der Waals surface area contributed by atoms with Crippen molar-refractivity contribution in [2.24, 2.45) is 0 Å². The predicted octanol–water partition coefficient (Wildman–Crippen LogP) is 4.37. The van der Waals surface area contributed by atoms with Gasteiger partial charge in [0.2, 0.25) is 0 Å². The van der Waals surface area contributed by atoms with E-state index in [9.17, 15) is 5.11 Å². The molecular formula is C13H10Cl2O2. The van der Waals surface area contributed by atoms with Gasteiger partial charge in [0, 0.05) is 15.6 Å². The molecule has 0 aliphatic rings. The number of methoxy groups -OCH3 is 1. The molecule has 0 aromatic heterocycles. The van der Waals surface area contributed by atoms with Crippen molar-refractivity contribution in [2.75, 3.05) is 7.11 Å². The second kappa shape index (κ2) is 4.86. The van der Waals surface area contributed by atoms with Gasteiger partial charge in [0.1, 0.15) is 11.5 Å². The van der Waals surface area contributed by atoms with Crippen LogP contribution in [0.5, 0.6) is 11.5 Å². The first-order valence-corrected chi connectivity index (χ1v) is 5.69. The van der Waals surface area contributed by atoms with E-state index in [0.29, 0.717) is 15.8 Å². The second-order valence-corrected chi connectivity index (χ2v) is 4.39. The highest BCUT2D eigenvalue weighted by molar-refractivity contribution is 6.34. The van der Waals surface area contributed by atoms with E-state index in [-0.39, 0.29) is 5.75 Å². The minimum absolute atomic E-state index is 0.103. The van der Waals surface area contributed by atoms with Crippen LogP contribution < -0.4 is 4.74 Å². The van der Waals surface area contributed by atoms with Crippen LogP contribution in [0.2, 0.25) is 10.0 Å². The summed E-state index contributed by atoms with van der Waals surface area (Å²) in [5.74, 6) is 0.801. The fourth-order valence-electron chi connectivity index (χ4n) is 1.58. The monoisotopic (exact) mass is 268 g/mol. The van der Waals surface area contributed by atoms with Crippen LogP contribution in [-0.4, -0.2) is 12.2 Å². The van der Waals surface area contributed by atoms with Crippen LogP contribution >= 0.6 is 23.2 Å². The number of aromatic hydroxyl groups is 1. The Bertz CT molecular complexity index is 533. The average molecular weight is 269 g/mol. The van der Waals surface area contributed by atoms with Crippen molar-refractivity contribution in [2.45, 2.75) is 0 Å². The van der Waals surface area contributed by atoms with Crippen LogP contribution in [0.1, 0.15) is 0 Å². The van der Waals surface area contributed by atoms with Crippen molar-refractivity contribution in [3.63, 3.8) is 0 Å². The number of halogens is 2. The number of phenolic OH excluding ortho intramolecular Hbond substituents is 1. The third-order valence-corrected chi connectivity index (χ3v) is 2.91. The first-order chi connectivity index (χ1) is 8.10. The maximum absolute atomic E-state index is 9.51. The van der Waals surface area contributed by atoms with Gasteiger partial charge in [-0.1, -0.05) is 23.2 Å². The zero-order valence-electron chi connectivity index (χ0n) is 9.08. The summed E-state index contributed by atoms with van der Waals surface area (Å²) in [7, 11) is 1.59. The Balaban J connectivity index is 2.58. The molecule has 0 amide bonds. The molecule has 1 N–H and O–H groups in total. The third-order valence-electron chi connectivity index (χ3n) is 2.37. The number of ether oxygens (including phenoxy) is 1. The highest BCUT2D eigenvalue weighted by Crippen LogP contribution is 2.34. The Morgan fingerprint density at radius 3 is 2.47 bits per heavy atom. The number of hydrogen-bond donors (Lipinski definition) is 1. The van der Waals surface area contributed by atoms with Crippen LogP contribution in [0, 0.1) is 0 Å². The fourth-order valence-corrected chi connectivity index (χ4v) is 2.04. The summed E-state index contributed by atoms with van der Waals surface area (Å²) in [4.78, 5) is 0. The van der Waals surface area contributed by atoms with E-state index in [1.807, 2.05) is 0 Å². The van der Waals surface area contributed by atoms with Crippen LogP contribution in [0.15, 0.2) is 36.4 Å². The van der Waals surface area contributed by atoms with E-state index in [2.05, 4.69) is 0 Å². The van der Waals surface area contributed by atoms with E-state index in [4.69, 9.17) is 27.9 Å². The molecule has 4 heteroatoms. The Hall–Kier alpha value is -1.38. The molecule has 0 aliphatic heterocycles. The quantitative estimate of drug-likeness (QED) is 0.876. The minimum Gasteiger partial charge on any atom is -0.508 e. The summed E-state index contributed by atoms with van der Waals surface area (Å²) in [5.41, 5.74) is 1.52. The molecule has 0 bridgehead atoms. The van der Waals surface area contributed by atoms with Gasteiger partial charge in [0.25, 0.3) is 0 Å². The molecule has 0 radical (unpaired) electrons. The second-order valence-electron chi connectivity index (χ2n) is 3.54. The summed E-state index contributed by atoms with van der Waals surface area (Å²) in [6, 6.07) is 10.1. The topological polar surface area (TPSA) is 29.5 Å². The number of hydrogen-bond acceptors (Lipinski definition) is 2. The van der Waals surface area contributed by atoms with Gasteiger partial charge in [-0.3, -0.25) is 0 Å². The van der Waals surface area contributed by atoms with Crippen molar-refractivity contribution in [3.8, 4) is 22.6 Å². The lowest BCUT2D eigenvalue weighted by Gasteiger charge is -2.08. The molecule has 17 heavy (non-hydrogen) atoms. The molecule has 88 valence electrons. The molecule has 2 aromatic carbocycles. The van der Waals surface area contributed by atoms with Crippen LogP contribution in [-0.2, 0) is 0 Å². The normalized spacial score (nSPS) is 10.3. The van der Waals surface area contributed by atoms with Gasteiger partial charge in [0.05, 0.1) is 7.11 Å². The zero-order valence-corrected chi connectivity index (χ0v) is 10.6. The van der Waals surface area contributed by atoms with Crippen molar-refractivity contribution in [3.05, 3.63) is 46.4 Å². The summed E-state index contributed by atoms with van der Waals surface area (Å²) >= 11 is 12.0. The molecule has 0 spiro atoms. The lowest BCUT2D eigenvalue weighted by molar-refractivity contribution is 0.415. The van der Waals surface area contributed by atoms with Crippen molar-refractivity contribution in [1.29, 1.82) is 0 Å². The first-order valence-electron chi connectivity index (χ1n) is 4.93. The van der Waals surface area contributed by atoms with Gasteiger partial charge in [-0.2, -0.15) is 0 Å². The third kappa shape index (κ3) is 2.65. The molecule has 0 saturated heterocycles. The van der Waals surface area contributed by atoms with Gasteiger partial charge in [-0.05, 0) is 42.0 Å². The molecule has 0 heterocycles. The Morgan fingerprint density at radius 1 is 1.06 bits per heavy atom. The smallest absolute Gasteiger partial charge is 0.119 e. The summed E-state index contributed by atoms with van der Waals surface area (Å²) in [6.45, 7) is 0. The van der Waals surface area contributed by atoms with E-state index < -0.39 is 0 Å². The highest BCUT2D eigenvalue weighted by Gasteiger charge is 2.07. The lowest BCUT2D eigenvalue weighted by atomic mass is 10.1. The van der Waals surface area contributed by atoms with E-state index >= 15 is 0 Å². The number of rotatable bonds is 2. The van der Waals surface area contributed by atoms with E-state index in [1.54, 1.807) is 37.4 Å². The van der Waals surface area contributed by atoms with Gasteiger partial charge in [0.15, 0.2) is 0 Å². The average Bonchev–Trinajstić information content (AvgIpc) is 2.28. The molecule has 2 aromatic rings. The molecule has 0 atom stereocenters. The molecule has 0 aliphatic carbocycles. The Kier molecular flexibility index (Phi) is 3.46. The highest BCUT2D eigenvalue weighted by atomic mass is 35.5. The van der Waals surface area contributed by atoms with Crippen molar-refractivity contribution >= 4 is 23.2 Å². The molecule has 0 unspecified atom stereocenters. The summed E-state index contributed by atoms with van der Waals surface area (Å²) in [5, 5.41) is 10.5. The SMILES string of the molecule is COc1ccc(Cl)c(-c2cc(O)cc(Cl)c2)c1. The number of benzene rings is 2. The van der Waals surface area contributed by atoms with E-state index in [0.717, 1.165) is 11.1 Å².